The number of allylic oxidation sites excluding steroid dienone is 3. The molecule has 18 heavy (non-hydrogen) atoms. The van der Waals surface area contributed by atoms with Crippen molar-refractivity contribution in [1.82, 2.24) is 0 Å². The predicted octanol–water partition coefficient (Wildman–Crippen LogP) is 4.50. The van der Waals surface area contributed by atoms with Gasteiger partial charge in [0, 0.05) is 5.41 Å². The van der Waals surface area contributed by atoms with Crippen LogP contribution in [-0.2, 0) is 0 Å². The summed E-state index contributed by atoms with van der Waals surface area (Å²) < 4.78 is 0. The number of nitrogens with zero attached hydrogens (tertiary/aromatic N) is 2. The number of fused-ring (bicyclic) bond motifs is 2. The molecule has 0 spiro atoms. The van der Waals surface area contributed by atoms with Gasteiger partial charge in [0.2, 0.25) is 5.39 Å². The number of aliphatic hydroxyl groups excluding tert-OH is 1. The Morgan fingerprint density at radius 2 is 2.28 bits per heavy atom. The molecule has 0 heterocycles. The van der Waals surface area contributed by atoms with Gasteiger partial charge in [0.05, 0.1) is 0 Å². The van der Waals surface area contributed by atoms with Crippen molar-refractivity contribution >= 4 is 0 Å². The first-order chi connectivity index (χ1) is 8.40. The van der Waals surface area contributed by atoms with Crippen LogP contribution in [0.1, 0.15) is 40.5 Å². The third-order valence-electron chi connectivity index (χ3n) is 5.13. The average molecular weight is 247 g/mol. The van der Waals surface area contributed by atoms with Gasteiger partial charge in [-0.05, 0) is 43.4 Å². The van der Waals surface area contributed by atoms with Crippen LogP contribution >= 0.6 is 0 Å². The van der Waals surface area contributed by atoms with Gasteiger partial charge in [-0.3, -0.25) is 0 Å². The standard InChI is InChI=1S/C15H22N2O/c1-9(2)12-6-13-10(3)5-11(12)7-15(13,4)14(18)8-17-16/h5,8-9,11-13H,6-7H2,1-4H3/p+1/b14-8-/t11-,12-,13+,15+/m0/s1. The monoisotopic (exact) mass is 247 g/mol. The van der Waals surface area contributed by atoms with Crippen LogP contribution in [-0.4, -0.2) is 5.11 Å². The molecule has 0 aromatic carbocycles. The van der Waals surface area contributed by atoms with Crippen LogP contribution in [0.2, 0.25) is 0 Å². The van der Waals surface area contributed by atoms with E-state index in [-0.39, 0.29) is 11.2 Å². The maximum atomic E-state index is 10.2. The molecule has 0 amide bonds. The van der Waals surface area contributed by atoms with E-state index in [1.165, 1.54) is 11.8 Å². The summed E-state index contributed by atoms with van der Waals surface area (Å²) in [6.07, 6.45) is 5.67. The highest BCUT2D eigenvalue weighted by atomic mass is 16.3. The molecule has 1 N–H and O–H groups in total. The van der Waals surface area contributed by atoms with Gasteiger partial charge in [0.15, 0.2) is 10.7 Å². The largest absolute Gasteiger partial charge is 0.505 e. The lowest BCUT2D eigenvalue weighted by molar-refractivity contribution is 0.0303. The van der Waals surface area contributed by atoms with Crippen LogP contribution in [0, 0.1) is 34.5 Å². The fourth-order valence-electron chi connectivity index (χ4n) is 4.07. The van der Waals surface area contributed by atoms with Crippen LogP contribution in [0.4, 0.5) is 0 Å². The van der Waals surface area contributed by atoms with Crippen molar-refractivity contribution in [3.63, 3.8) is 0 Å². The summed E-state index contributed by atoms with van der Waals surface area (Å²) in [5.41, 5.74) is 1.12. The van der Waals surface area contributed by atoms with E-state index in [1.54, 1.807) is 0 Å². The molecule has 2 bridgehead atoms. The molecule has 0 radical (unpaired) electrons. The van der Waals surface area contributed by atoms with E-state index in [0.717, 1.165) is 12.8 Å². The summed E-state index contributed by atoms with van der Waals surface area (Å²) in [4.78, 5) is 2.99. The van der Waals surface area contributed by atoms with Crippen molar-refractivity contribution in [3.05, 3.63) is 28.6 Å². The first-order valence-electron chi connectivity index (χ1n) is 6.82. The van der Waals surface area contributed by atoms with Crippen molar-refractivity contribution in [3.8, 4) is 0 Å². The van der Waals surface area contributed by atoms with Crippen molar-refractivity contribution in [2.45, 2.75) is 40.5 Å². The van der Waals surface area contributed by atoms with Crippen LogP contribution in [0.5, 0.6) is 0 Å². The highest BCUT2D eigenvalue weighted by Crippen LogP contribution is 2.58. The molecule has 3 aliphatic rings. The predicted molar refractivity (Wildman–Crippen MR) is 72.2 cm³/mol. The van der Waals surface area contributed by atoms with Crippen molar-refractivity contribution < 1.29 is 5.11 Å². The minimum atomic E-state index is -0.263. The molecule has 0 aliphatic heterocycles. The quantitative estimate of drug-likeness (QED) is 0.443. The van der Waals surface area contributed by atoms with E-state index in [0.29, 0.717) is 23.7 Å². The fourth-order valence-corrected chi connectivity index (χ4v) is 4.07. The summed E-state index contributed by atoms with van der Waals surface area (Å²) in [6.45, 7) is 8.82. The lowest BCUT2D eigenvalue weighted by atomic mass is 9.52. The second-order valence-corrected chi connectivity index (χ2v) is 6.52. The molecule has 3 rings (SSSR count). The van der Waals surface area contributed by atoms with Gasteiger partial charge in [-0.25, -0.2) is 0 Å². The molecule has 3 nitrogen and oxygen atoms in total. The Labute approximate surface area is 109 Å². The Balaban J connectivity index is 2.35. The van der Waals surface area contributed by atoms with Crippen LogP contribution in [0.3, 0.4) is 0 Å². The molecule has 98 valence electrons. The molecule has 0 saturated heterocycles. The maximum absolute atomic E-state index is 10.2. The Hall–Kier alpha value is -1.30. The molecule has 0 aromatic rings. The van der Waals surface area contributed by atoms with E-state index < -0.39 is 0 Å². The van der Waals surface area contributed by atoms with Crippen LogP contribution in [0.15, 0.2) is 23.6 Å². The number of diazo groups is 1. The Morgan fingerprint density at radius 1 is 1.61 bits per heavy atom. The van der Waals surface area contributed by atoms with Gasteiger partial charge in [-0.1, -0.05) is 32.4 Å². The Kier molecular flexibility index (Phi) is 3.23. The zero-order valence-corrected chi connectivity index (χ0v) is 11.7. The number of hydrogen-bond donors (Lipinski definition) is 1. The van der Waals surface area contributed by atoms with E-state index in [9.17, 15) is 5.11 Å². The fraction of sp³-hybridized carbons (Fsp3) is 0.733. The van der Waals surface area contributed by atoms with Gasteiger partial charge in [-0.15, -0.1) is 0 Å². The summed E-state index contributed by atoms with van der Waals surface area (Å²) in [6, 6.07) is 0. The molecule has 3 aliphatic carbocycles. The third-order valence-corrected chi connectivity index (χ3v) is 5.13. The van der Waals surface area contributed by atoms with Gasteiger partial charge in [0.25, 0.3) is 0 Å². The normalized spacial score (nSPS) is 39.7. The van der Waals surface area contributed by atoms with Gasteiger partial charge in [-0.2, -0.15) is 0 Å². The van der Waals surface area contributed by atoms with Gasteiger partial charge >= 0.3 is 6.20 Å². The number of aliphatic hydroxyl groups is 1. The first kappa shape index (κ1) is 13.1. The number of hydrogen-bond acceptors (Lipinski definition) is 2. The van der Waals surface area contributed by atoms with Crippen molar-refractivity contribution in [1.29, 1.82) is 5.39 Å². The highest BCUT2D eigenvalue weighted by Gasteiger charge is 2.51. The summed E-state index contributed by atoms with van der Waals surface area (Å²) in [5, 5.41) is 18.8. The van der Waals surface area contributed by atoms with Gasteiger partial charge in [0.1, 0.15) is 0 Å². The smallest absolute Gasteiger partial charge is 0.387 e. The summed E-state index contributed by atoms with van der Waals surface area (Å²) in [5.74, 6) is 2.52. The molecular formula is C15H23N2O+. The molecule has 4 atom stereocenters. The minimum absolute atomic E-state index is 0.217. The summed E-state index contributed by atoms with van der Waals surface area (Å²) >= 11 is 0. The zero-order valence-electron chi connectivity index (χ0n) is 11.7. The average Bonchev–Trinajstić information content (AvgIpc) is 2.28. The summed E-state index contributed by atoms with van der Waals surface area (Å²) in [7, 11) is 0. The Morgan fingerprint density at radius 3 is 2.78 bits per heavy atom. The zero-order chi connectivity index (χ0) is 13.5. The molecule has 1 saturated carbocycles. The van der Waals surface area contributed by atoms with Crippen LogP contribution < -0.4 is 0 Å². The second-order valence-electron chi connectivity index (χ2n) is 6.52. The SMILES string of the molecule is CC1=C[C@H]2C[C@@](C)(/C(O)=C/[N+]#N)[C@@H]1C[C@H]2C(C)C. The van der Waals surface area contributed by atoms with E-state index >= 15 is 0 Å². The highest BCUT2D eigenvalue weighted by molar-refractivity contribution is 5.27. The Bertz CT molecular complexity index is 444. The number of rotatable bonds is 2. The molecule has 0 aromatic heterocycles. The molecular weight excluding hydrogens is 224 g/mol. The van der Waals surface area contributed by atoms with Crippen molar-refractivity contribution in [2.75, 3.05) is 0 Å². The molecule has 1 fully saturated rings. The van der Waals surface area contributed by atoms with E-state index in [1.807, 2.05) is 0 Å². The maximum Gasteiger partial charge on any atom is 0.387 e. The molecule has 3 heteroatoms. The molecule has 0 unspecified atom stereocenters. The van der Waals surface area contributed by atoms with E-state index in [2.05, 4.69) is 38.7 Å². The van der Waals surface area contributed by atoms with E-state index in [4.69, 9.17) is 5.39 Å². The minimum Gasteiger partial charge on any atom is -0.505 e. The first-order valence-corrected chi connectivity index (χ1v) is 6.82. The second kappa shape index (κ2) is 4.42. The lowest BCUT2D eigenvalue weighted by Crippen LogP contribution is -2.45. The van der Waals surface area contributed by atoms with Crippen LogP contribution in [0.25, 0.3) is 4.98 Å². The van der Waals surface area contributed by atoms with Crippen molar-refractivity contribution in [2.24, 2.45) is 29.1 Å². The van der Waals surface area contributed by atoms with Gasteiger partial charge < -0.3 is 5.11 Å². The third kappa shape index (κ3) is 1.84. The topological polar surface area (TPSA) is 48.4 Å². The lowest BCUT2D eigenvalue weighted by Gasteiger charge is -2.52.